The fraction of sp³-hybridized carbons (Fsp3) is 0.455. The first-order valence-corrected chi connectivity index (χ1v) is 6.56. The molecule has 0 spiro atoms. The van der Waals surface area contributed by atoms with E-state index in [2.05, 4.69) is 6.26 Å². The van der Waals surface area contributed by atoms with Gasteiger partial charge in [0.1, 0.15) is 5.75 Å². The molecule has 0 amide bonds. The molecule has 1 N–H and O–H groups in total. The summed E-state index contributed by atoms with van der Waals surface area (Å²) < 4.78 is 5.55. The Hall–Kier alpha value is -0.380. The lowest BCUT2D eigenvalue weighted by Crippen LogP contribution is -2.01. The Labute approximate surface area is 99.6 Å². The van der Waals surface area contributed by atoms with Crippen molar-refractivity contribution in [2.24, 2.45) is 0 Å². The summed E-state index contributed by atoms with van der Waals surface area (Å²) in [7, 11) is 0. The number of halogens is 1. The molecule has 84 valence electrons. The fourth-order valence-electron chi connectivity index (χ4n) is 1.20. The number of rotatable bonds is 6. The third-order valence-electron chi connectivity index (χ3n) is 1.94. The van der Waals surface area contributed by atoms with Crippen LogP contribution >= 0.6 is 23.4 Å². The highest BCUT2D eigenvalue weighted by molar-refractivity contribution is 7.98. The van der Waals surface area contributed by atoms with Crippen molar-refractivity contribution >= 4 is 23.4 Å². The average Bonchev–Trinajstić information content (AvgIpc) is 2.26. The van der Waals surface area contributed by atoms with Crippen LogP contribution < -0.4 is 4.74 Å². The van der Waals surface area contributed by atoms with Gasteiger partial charge in [0.15, 0.2) is 0 Å². The first kappa shape index (κ1) is 12.7. The van der Waals surface area contributed by atoms with E-state index < -0.39 is 0 Å². The van der Waals surface area contributed by atoms with Crippen LogP contribution in [0.25, 0.3) is 0 Å². The normalized spacial score (nSPS) is 10.3. The van der Waals surface area contributed by atoms with Gasteiger partial charge < -0.3 is 9.84 Å². The maximum atomic E-state index is 9.10. The first-order chi connectivity index (χ1) is 7.27. The molecule has 1 aromatic rings. The second-order valence-electron chi connectivity index (χ2n) is 3.10. The molecule has 0 fully saturated rings. The number of aliphatic hydroxyl groups is 1. The molecule has 15 heavy (non-hydrogen) atoms. The van der Waals surface area contributed by atoms with Crippen LogP contribution in [0.2, 0.25) is 5.02 Å². The molecule has 0 heterocycles. The summed E-state index contributed by atoms with van der Waals surface area (Å²) in [5.41, 5.74) is 0.742. The summed E-state index contributed by atoms with van der Waals surface area (Å²) in [6.07, 6.45) is 3.08. The van der Waals surface area contributed by atoms with Gasteiger partial charge in [-0.1, -0.05) is 11.6 Å². The maximum Gasteiger partial charge on any atom is 0.124 e. The van der Waals surface area contributed by atoms with E-state index >= 15 is 0 Å². The van der Waals surface area contributed by atoms with E-state index in [0.717, 1.165) is 23.5 Å². The standard InChI is InChI=1S/C11H15ClO2S/c1-15-6-2-5-14-11-4-3-10(12)7-9(11)8-13/h3-4,7,13H,2,5-6,8H2,1H3. The molecule has 1 aromatic carbocycles. The van der Waals surface area contributed by atoms with Gasteiger partial charge >= 0.3 is 0 Å². The van der Waals surface area contributed by atoms with Crippen molar-refractivity contribution < 1.29 is 9.84 Å². The fourth-order valence-corrected chi connectivity index (χ4v) is 1.80. The van der Waals surface area contributed by atoms with Crippen LogP contribution in [0.3, 0.4) is 0 Å². The molecular weight excluding hydrogens is 232 g/mol. The summed E-state index contributed by atoms with van der Waals surface area (Å²) in [4.78, 5) is 0. The second kappa shape index (κ2) is 6.99. The lowest BCUT2D eigenvalue weighted by Gasteiger charge is -2.09. The van der Waals surface area contributed by atoms with Gasteiger partial charge in [0.25, 0.3) is 0 Å². The van der Waals surface area contributed by atoms with Crippen molar-refractivity contribution in [1.29, 1.82) is 0 Å². The van der Waals surface area contributed by atoms with Crippen molar-refractivity contribution in [2.45, 2.75) is 13.0 Å². The number of hydrogen-bond acceptors (Lipinski definition) is 3. The van der Waals surface area contributed by atoms with Crippen molar-refractivity contribution in [3.8, 4) is 5.75 Å². The highest BCUT2D eigenvalue weighted by Crippen LogP contribution is 2.23. The number of ether oxygens (including phenoxy) is 1. The van der Waals surface area contributed by atoms with E-state index in [1.54, 1.807) is 30.0 Å². The summed E-state index contributed by atoms with van der Waals surface area (Å²) >= 11 is 7.61. The summed E-state index contributed by atoms with van der Waals surface area (Å²) in [6.45, 7) is 0.633. The van der Waals surface area contributed by atoms with E-state index in [4.69, 9.17) is 21.4 Å². The Bertz CT molecular complexity index is 305. The molecule has 2 nitrogen and oxygen atoms in total. The Morgan fingerprint density at radius 3 is 2.93 bits per heavy atom. The predicted molar refractivity (Wildman–Crippen MR) is 65.9 cm³/mol. The molecule has 0 aliphatic carbocycles. The van der Waals surface area contributed by atoms with E-state index in [9.17, 15) is 0 Å². The molecule has 0 aliphatic heterocycles. The van der Waals surface area contributed by atoms with Crippen molar-refractivity contribution in [3.05, 3.63) is 28.8 Å². The van der Waals surface area contributed by atoms with Crippen LogP contribution in [0.1, 0.15) is 12.0 Å². The molecule has 0 atom stereocenters. The second-order valence-corrected chi connectivity index (χ2v) is 4.53. The number of thioether (sulfide) groups is 1. The highest BCUT2D eigenvalue weighted by atomic mass is 35.5. The third kappa shape index (κ3) is 4.33. The molecule has 0 bridgehead atoms. The lowest BCUT2D eigenvalue weighted by atomic mass is 10.2. The van der Waals surface area contributed by atoms with Gasteiger partial charge in [0.05, 0.1) is 13.2 Å². The first-order valence-electron chi connectivity index (χ1n) is 4.79. The quantitative estimate of drug-likeness (QED) is 0.783. The zero-order valence-electron chi connectivity index (χ0n) is 8.70. The Kier molecular flexibility index (Phi) is 5.91. The van der Waals surface area contributed by atoms with Gasteiger partial charge in [-0.3, -0.25) is 0 Å². The van der Waals surface area contributed by atoms with Crippen LogP contribution in [0.5, 0.6) is 5.75 Å². The largest absolute Gasteiger partial charge is 0.493 e. The summed E-state index contributed by atoms with van der Waals surface area (Å²) in [5.74, 6) is 1.81. The number of aliphatic hydroxyl groups excluding tert-OH is 1. The lowest BCUT2D eigenvalue weighted by molar-refractivity contribution is 0.263. The van der Waals surface area contributed by atoms with Crippen LogP contribution in [0.4, 0.5) is 0 Å². The van der Waals surface area contributed by atoms with Gasteiger partial charge in [-0.2, -0.15) is 11.8 Å². The van der Waals surface area contributed by atoms with Crippen molar-refractivity contribution in [1.82, 2.24) is 0 Å². The SMILES string of the molecule is CSCCCOc1ccc(Cl)cc1CO. The van der Waals surface area contributed by atoms with E-state index in [1.807, 2.05) is 0 Å². The molecule has 0 aliphatic rings. The monoisotopic (exact) mass is 246 g/mol. The van der Waals surface area contributed by atoms with Gasteiger partial charge in [-0.15, -0.1) is 0 Å². The highest BCUT2D eigenvalue weighted by Gasteiger charge is 2.03. The Morgan fingerprint density at radius 1 is 1.47 bits per heavy atom. The molecule has 1 rings (SSSR count). The number of hydrogen-bond donors (Lipinski definition) is 1. The van der Waals surface area contributed by atoms with Crippen molar-refractivity contribution in [2.75, 3.05) is 18.6 Å². The molecule has 0 unspecified atom stereocenters. The van der Waals surface area contributed by atoms with Crippen LogP contribution in [0, 0.1) is 0 Å². The average molecular weight is 247 g/mol. The van der Waals surface area contributed by atoms with Crippen LogP contribution in [-0.4, -0.2) is 23.7 Å². The van der Waals surface area contributed by atoms with Gasteiger partial charge in [0, 0.05) is 10.6 Å². The predicted octanol–water partition coefficient (Wildman–Crippen LogP) is 2.96. The number of benzene rings is 1. The minimum absolute atomic E-state index is 0.0432. The van der Waals surface area contributed by atoms with Gasteiger partial charge in [-0.05, 0) is 36.6 Å². The Morgan fingerprint density at radius 2 is 2.27 bits per heavy atom. The Balaban J connectivity index is 2.52. The van der Waals surface area contributed by atoms with E-state index in [-0.39, 0.29) is 6.61 Å². The third-order valence-corrected chi connectivity index (χ3v) is 2.88. The van der Waals surface area contributed by atoms with Gasteiger partial charge in [0.2, 0.25) is 0 Å². The summed E-state index contributed by atoms with van der Waals surface area (Å²) in [6, 6.07) is 5.29. The molecule has 0 radical (unpaired) electrons. The van der Waals surface area contributed by atoms with E-state index in [1.165, 1.54) is 0 Å². The minimum Gasteiger partial charge on any atom is -0.493 e. The smallest absolute Gasteiger partial charge is 0.124 e. The maximum absolute atomic E-state index is 9.10. The van der Waals surface area contributed by atoms with E-state index in [0.29, 0.717) is 11.6 Å². The summed E-state index contributed by atoms with van der Waals surface area (Å²) in [5, 5.41) is 9.72. The topological polar surface area (TPSA) is 29.5 Å². The molecule has 0 saturated carbocycles. The molecule has 0 aromatic heterocycles. The van der Waals surface area contributed by atoms with Crippen LogP contribution in [0.15, 0.2) is 18.2 Å². The zero-order valence-corrected chi connectivity index (χ0v) is 10.3. The van der Waals surface area contributed by atoms with Crippen LogP contribution in [-0.2, 0) is 6.61 Å². The molecule has 0 saturated heterocycles. The minimum atomic E-state index is -0.0432. The van der Waals surface area contributed by atoms with Crippen molar-refractivity contribution in [3.63, 3.8) is 0 Å². The molecular formula is C11H15ClO2S. The zero-order chi connectivity index (χ0) is 11.1. The molecule has 4 heteroatoms. The van der Waals surface area contributed by atoms with Gasteiger partial charge in [-0.25, -0.2) is 0 Å².